The van der Waals surface area contributed by atoms with E-state index < -0.39 is 22.0 Å². The first-order valence-electron chi connectivity index (χ1n) is 7.78. The van der Waals surface area contributed by atoms with Gasteiger partial charge in [0.05, 0.1) is 17.3 Å². The summed E-state index contributed by atoms with van der Waals surface area (Å²) in [5.74, 6) is -0.884. The molecule has 2 aromatic rings. The Kier molecular flexibility index (Phi) is 4.31. The number of pyridine rings is 1. The van der Waals surface area contributed by atoms with E-state index in [0.717, 1.165) is 19.0 Å². The van der Waals surface area contributed by atoms with Crippen LogP contribution in [0.15, 0.2) is 21.7 Å². The Morgan fingerprint density at radius 3 is 2.75 bits per heavy atom. The molecule has 0 radical (unpaired) electrons. The third kappa shape index (κ3) is 3.41. The van der Waals surface area contributed by atoms with Crippen molar-refractivity contribution in [2.75, 3.05) is 0 Å². The zero-order valence-corrected chi connectivity index (χ0v) is 14.2. The van der Waals surface area contributed by atoms with Crippen LogP contribution < -0.4 is 4.72 Å². The van der Waals surface area contributed by atoms with Crippen molar-refractivity contribution in [1.82, 2.24) is 14.9 Å². The maximum absolute atomic E-state index is 12.5. The summed E-state index contributed by atoms with van der Waals surface area (Å²) >= 11 is 0. The smallest absolute Gasteiger partial charge is 0.321 e. The van der Waals surface area contributed by atoms with Gasteiger partial charge >= 0.3 is 5.97 Å². The van der Waals surface area contributed by atoms with Gasteiger partial charge in [0.1, 0.15) is 10.9 Å². The van der Waals surface area contributed by atoms with Crippen LogP contribution >= 0.6 is 0 Å². The Labute approximate surface area is 139 Å². The SMILES string of the molecule is CC(C)C[C@@H](NS(=O)(=O)c1cnc2onc(C3CC3)c2c1)C(=O)O. The lowest BCUT2D eigenvalue weighted by Gasteiger charge is -2.16. The second-order valence-electron chi connectivity index (χ2n) is 6.51. The van der Waals surface area contributed by atoms with Crippen LogP contribution in [0.5, 0.6) is 0 Å². The molecule has 0 bridgehead atoms. The fraction of sp³-hybridized carbons (Fsp3) is 0.533. The molecular formula is C15H19N3O5S. The van der Waals surface area contributed by atoms with Crippen LogP contribution in [-0.2, 0) is 14.8 Å². The van der Waals surface area contributed by atoms with Gasteiger partial charge in [-0.05, 0) is 31.2 Å². The van der Waals surface area contributed by atoms with Crippen LogP contribution in [0.2, 0.25) is 0 Å². The normalized spacial score (nSPS) is 16.6. The quantitative estimate of drug-likeness (QED) is 0.779. The zero-order chi connectivity index (χ0) is 17.5. The van der Waals surface area contributed by atoms with Crippen molar-refractivity contribution in [3.05, 3.63) is 18.0 Å². The third-order valence-corrected chi connectivity index (χ3v) is 5.35. The molecule has 8 nitrogen and oxygen atoms in total. The van der Waals surface area contributed by atoms with Crippen LogP contribution in [0, 0.1) is 5.92 Å². The third-order valence-electron chi connectivity index (χ3n) is 3.91. The zero-order valence-electron chi connectivity index (χ0n) is 13.4. The van der Waals surface area contributed by atoms with Crippen LogP contribution in [-0.4, -0.2) is 35.7 Å². The lowest BCUT2D eigenvalue weighted by atomic mass is 10.1. The molecule has 2 aromatic heterocycles. The van der Waals surface area contributed by atoms with Gasteiger partial charge in [-0.15, -0.1) is 0 Å². The largest absolute Gasteiger partial charge is 0.480 e. The Balaban J connectivity index is 1.92. The number of hydrogen-bond acceptors (Lipinski definition) is 6. The predicted octanol–water partition coefficient (Wildman–Crippen LogP) is 1.88. The predicted molar refractivity (Wildman–Crippen MR) is 85.0 cm³/mol. The van der Waals surface area contributed by atoms with E-state index in [0.29, 0.717) is 11.1 Å². The Morgan fingerprint density at radius 1 is 1.46 bits per heavy atom. The lowest BCUT2D eigenvalue weighted by Crippen LogP contribution is -2.41. The summed E-state index contributed by atoms with van der Waals surface area (Å²) < 4.78 is 32.4. The highest BCUT2D eigenvalue weighted by Crippen LogP contribution is 2.42. The summed E-state index contributed by atoms with van der Waals surface area (Å²) in [4.78, 5) is 15.2. The first-order chi connectivity index (χ1) is 11.3. The number of nitrogens with one attached hydrogen (secondary N) is 1. The van der Waals surface area contributed by atoms with E-state index in [-0.39, 0.29) is 28.9 Å². The molecule has 1 saturated carbocycles. The Bertz CT molecular complexity index is 870. The molecule has 0 aliphatic heterocycles. The van der Waals surface area contributed by atoms with E-state index >= 15 is 0 Å². The number of sulfonamides is 1. The molecule has 1 fully saturated rings. The number of hydrogen-bond donors (Lipinski definition) is 2. The summed E-state index contributed by atoms with van der Waals surface area (Å²) in [5.41, 5.74) is 0.999. The minimum atomic E-state index is -4.00. The van der Waals surface area contributed by atoms with Crippen molar-refractivity contribution in [2.45, 2.75) is 50.0 Å². The van der Waals surface area contributed by atoms with E-state index in [1.54, 1.807) is 0 Å². The highest BCUT2D eigenvalue weighted by molar-refractivity contribution is 7.89. The summed E-state index contributed by atoms with van der Waals surface area (Å²) in [6, 6.07) is 0.263. The summed E-state index contributed by atoms with van der Waals surface area (Å²) in [6.07, 6.45) is 3.34. The minimum absolute atomic E-state index is 0.0361. The van der Waals surface area contributed by atoms with Crippen molar-refractivity contribution in [1.29, 1.82) is 0 Å². The molecule has 0 aromatic carbocycles. The second-order valence-corrected chi connectivity index (χ2v) is 8.22. The molecule has 130 valence electrons. The molecule has 9 heteroatoms. The number of carboxylic acids is 1. The maximum atomic E-state index is 12.5. The van der Waals surface area contributed by atoms with Gasteiger partial charge in [-0.3, -0.25) is 4.79 Å². The van der Waals surface area contributed by atoms with E-state index in [2.05, 4.69) is 14.9 Å². The Hall–Kier alpha value is -2.00. The molecule has 0 saturated heterocycles. The number of rotatable bonds is 7. The molecule has 0 amide bonds. The van der Waals surface area contributed by atoms with Crippen LogP contribution in [0.3, 0.4) is 0 Å². The summed E-state index contributed by atoms with van der Waals surface area (Å²) in [6.45, 7) is 3.66. The fourth-order valence-electron chi connectivity index (χ4n) is 2.56. The van der Waals surface area contributed by atoms with Gasteiger partial charge in [-0.2, -0.15) is 4.72 Å². The van der Waals surface area contributed by atoms with E-state index in [4.69, 9.17) is 4.52 Å². The van der Waals surface area contributed by atoms with Crippen LogP contribution in [0.25, 0.3) is 11.1 Å². The molecule has 2 N–H and O–H groups in total. The van der Waals surface area contributed by atoms with E-state index in [1.807, 2.05) is 13.8 Å². The highest BCUT2D eigenvalue weighted by Gasteiger charge is 2.31. The molecule has 1 atom stereocenters. The monoisotopic (exact) mass is 353 g/mol. The fourth-order valence-corrected chi connectivity index (χ4v) is 3.73. The van der Waals surface area contributed by atoms with Gasteiger partial charge in [-0.1, -0.05) is 19.0 Å². The summed E-state index contributed by atoms with van der Waals surface area (Å²) in [7, 11) is -4.00. The van der Waals surface area contributed by atoms with Crippen LogP contribution in [0.1, 0.15) is 44.7 Å². The first kappa shape index (κ1) is 16.8. The maximum Gasteiger partial charge on any atom is 0.321 e. The van der Waals surface area contributed by atoms with E-state index in [1.165, 1.54) is 6.07 Å². The molecule has 0 unspecified atom stereocenters. The van der Waals surface area contributed by atoms with Crippen molar-refractivity contribution >= 4 is 27.1 Å². The van der Waals surface area contributed by atoms with Gasteiger partial charge in [0.25, 0.3) is 5.71 Å². The standard InChI is InChI=1S/C15H19N3O5S/c1-8(2)5-12(15(19)20)18-24(21,22)10-6-11-13(9-3-4-9)17-23-14(11)16-7-10/h6-9,12,18H,3-5H2,1-2H3,(H,19,20)/t12-/m1/s1. The molecule has 1 aliphatic carbocycles. The van der Waals surface area contributed by atoms with Crippen molar-refractivity contribution in [2.24, 2.45) is 5.92 Å². The van der Waals surface area contributed by atoms with Gasteiger partial charge < -0.3 is 9.63 Å². The highest BCUT2D eigenvalue weighted by atomic mass is 32.2. The van der Waals surface area contributed by atoms with Crippen LogP contribution in [0.4, 0.5) is 0 Å². The van der Waals surface area contributed by atoms with Gasteiger partial charge in [0.2, 0.25) is 10.0 Å². The average molecular weight is 353 g/mol. The second kappa shape index (κ2) is 6.14. The summed E-state index contributed by atoms with van der Waals surface area (Å²) in [5, 5.41) is 13.8. The van der Waals surface area contributed by atoms with Gasteiger partial charge in [0, 0.05) is 5.92 Å². The lowest BCUT2D eigenvalue weighted by molar-refractivity contribution is -0.139. The number of aliphatic carboxylic acids is 1. The molecule has 3 rings (SSSR count). The molecule has 2 heterocycles. The number of fused-ring (bicyclic) bond motifs is 1. The topological polar surface area (TPSA) is 122 Å². The van der Waals surface area contributed by atoms with Gasteiger partial charge in [0.15, 0.2) is 0 Å². The van der Waals surface area contributed by atoms with Crippen molar-refractivity contribution < 1.29 is 22.8 Å². The van der Waals surface area contributed by atoms with Crippen molar-refractivity contribution in [3.63, 3.8) is 0 Å². The minimum Gasteiger partial charge on any atom is -0.480 e. The molecular weight excluding hydrogens is 334 g/mol. The average Bonchev–Trinajstić information content (AvgIpc) is 3.24. The first-order valence-corrected chi connectivity index (χ1v) is 9.26. The van der Waals surface area contributed by atoms with Gasteiger partial charge in [-0.25, -0.2) is 13.4 Å². The molecule has 24 heavy (non-hydrogen) atoms. The van der Waals surface area contributed by atoms with E-state index in [9.17, 15) is 18.3 Å². The number of nitrogens with zero attached hydrogens (tertiary/aromatic N) is 2. The Morgan fingerprint density at radius 2 is 2.17 bits per heavy atom. The number of carboxylic acid groups (broad SMARTS) is 1. The molecule has 0 spiro atoms. The number of aromatic nitrogens is 2. The number of carbonyl (C=O) groups is 1. The molecule has 1 aliphatic rings. The van der Waals surface area contributed by atoms with Crippen molar-refractivity contribution in [3.8, 4) is 0 Å².